The van der Waals surface area contributed by atoms with Crippen molar-refractivity contribution in [1.82, 2.24) is 14.9 Å². The molecule has 5 nitrogen and oxygen atoms in total. The van der Waals surface area contributed by atoms with Gasteiger partial charge in [-0.2, -0.15) is 0 Å². The number of rotatable bonds is 6. The largest absolute Gasteiger partial charge is 0.378 e. The lowest BCUT2D eigenvalue weighted by atomic mass is 10.1. The van der Waals surface area contributed by atoms with E-state index >= 15 is 0 Å². The summed E-state index contributed by atoms with van der Waals surface area (Å²) >= 11 is 11.7. The van der Waals surface area contributed by atoms with Crippen molar-refractivity contribution in [1.29, 1.82) is 0 Å². The number of aliphatic hydroxyl groups is 1. The number of nitrogens with zero attached hydrogens (tertiary/aromatic N) is 2. The summed E-state index contributed by atoms with van der Waals surface area (Å²) in [5.41, 5.74) is 0.372. The third kappa shape index (κ3) is 4.73. The van der Waals surface area contributed by atoms with E-state index in [9.17, 15) is 9.90 Å². The molecule has 1 aromatic heterocycles. The molecule has 0 unspecified atom stereocenters. The van der Waals surface area contributed by atoms with E-state index in [-0.39, 0.29) is 5.92 Å². The molecule has 0 aliphatic rings. The summed E-state index contributed by atoms with van der Waals surface area (Å²) in [6, 6.07) is 4.59. The van der Waals surface area contributed by atoms with Crippen LogP contribution in [0.3, 0.4) is 0 Å². The molecule has 2 atom stereocenters. The third-order valence-electron chi connectivity index (χ3n) is 3.16. The van der Waals surface area contributed by atoms with Crippen molar-refractivity contribution in [2.75, 3.05) is 6.54 Å². The molecule has 2 N–H and O–H groups in total. The summed E-state index contributed by atoms with van der Waals surface area (Å²) in [6.45, 7) is 3.19. The Morgan fingerprint density at radius 1 is 1.36 bits per heavy atom. The Balaban J connectivity index is 1.88. The van der Waals surface area contributed by atoms with E-state index in [1.165, 1.54) is 12.1 Å². The van der Waals surface area contributed by atoms with E-state index in [4.69, 9.17) is 23.2 Å². The SMILES string of the molecule is C[C@@H](CNC(=O)[C@H](O)c1cc(Cl)cc(Cl)c1)Cn1ccnc1. The van der Waals surface area contributed by atoms with Crippen molar-refractivity contribution in [2.24, 2.45) is 5.92 Å². The highest BCUT2D eigenvalue weighted by atomic mass is 35.5. The lowest BCUT2D eigenvalue weighted by molar-refractivity contribution is -0.129. The van der Waals surface area contributed by atoms with Crippen LogP contribution in [0.15, 0.2) is 36.9 Å². The van der Waals surface area contributed by atoms with Gasteiger partial charge < -0.3 is 15.0 Å². The zero-order valence-corrected chi connectivity index (χ0v) is 13.6. The van der Waals surface area contributed by atoms with Crippen molar-refractivity contribution in [3.8, 4) is 0 Å². The zero-order valence-electron chi connectivity index (χ0n) is 12.0. The molecule has 0 fully saturated rings. The number of aromatic nitrogens is 2. The second kappa shape index (κ2) is 7.63. The molecular weight excluding hydrogens is 325 g/mol. The minimum atomic E-state index is -1.29. The Labute approximate surface area is 138 Å². The molecule has 0 saturated heterocycles. The standard InChI is InChI=1S/C15H17Cl2N3O2/c1-10(8-20-3-2-18-9-20)7-19-15(22)14(21)11-4-12(16)6-13(17)5-11/h2-6,9-10,14,21H,7-8H2,1H3,(H,19,22)/t10-,14+/m0/s1. The third-order valence-corrected chi connectivity index (χ3v) is 3.59. The number of hydrogen-bond donors (Lipinski definition) is 2. The minimum Gasteiger partial charge on any atom is -0.378 e. The van der Waals surface area contributed by atoms with Gasteiger partial charge in [0.25, 0.3) is 5.91 Å². The molecular formula is C15H17Cl2N3O2. The molecule has 0 aliphatic carbocycles. The van der Waals surface area contributed by atoms with Crippen LogP contribution in [0.2, 0.25) is 10.0 Å². The summed E-state index contributed by atoms with van der Waals surface area (Å²) in [5.74, 6) is -0.274. The Kier molecular flexibility index (Phi) is 5.83. The van der Waals surface area contributed by atoms with Crippen molar-refractivity contribution >= 4 is 29.1 Å². The highest BCUT2D eigenvalue weighted by Gasteiger charge is 2.18. The first-order valence-electron chi connectivity index (χ1n) is 6.83. The Morgan fingerprint density at radius 2 is 2.05 bits per heavy atom. The molecule has 2 rings (SSSR count). The van der Waals surface area contributed by atoms with Crippen LogP contribution >= 0.6 is 23.2 Å². The first-order chi connectivity index (χ1) is 10.5. The van der Waals surface area contributed by atoms with E-state index in [0.717, 1.165) is 6.54 Å². The number of benzene rings is 1. The molecule has 0 saturated carbocycles. The van der Waals surface area contributed by atoms with Gasteiger partial charge in [-0.3, -0.25) is 4.79 Å². The number of hydrogen-bond acceptors (Lipinski definition) is 3. The van der Waals surface area contributed by atoms with Gasteiger partial charge in [0, 0.05) is 35.5 Å². The molecule has 118 valence electrons. The number of aliphatic hydroxyl groups excluding tert-OH is 1. The summed E-state index contributed by atoms with van der Waals surface area (Å²) in [7, 11) is 0. The fourth-order valence-electron chi connectivity index (χ4n) is 2.08. The highest BCUT2D eigenvalue weighted by molar-refractivity contribution is 6.34. The number of nitrogens with one attached hydrogen (secondary N) is 1. The molecule has 0 bridgehead atoms. The van der Waals surface area contributed by atoms with Gasteiger partial charge in [0.2, 0.25) is 0 Å². The van der Waals surface area contributed by atoms with Crippen molar-refractivity contribution in [3.05, 3.63) is 52.5 Å². The lowest BCUT2D eigenvalue weighted by Gasteiger charge is -2.16. The molecule has 2 aromatic rings. The normalized spacial score (nSPS) is 13.6. The molecule has 0 aliphatic heterocycles. The first-order valence-corrected chi connectivity index (χ1v) is 7.59. The van der Waals surface area contributed by atoms with Gasteiger partial charge in [-0.1, -0.05) is 30.1 Å². The van der Waals surface area contributed by atoms with Gasteiger partial charge in [0.1, 0.15) is 0 Å². The molecule has 7 heteroatoms. The molecule has 0 radical (unpaired) electrons. The van der Waals surface area contributed by atoms with Crippen LogP contribution < -0.4 is 5.32 Å². The smallest absolute Gasteiger partial charge is 0.253 e. The fraction of sp³-hybridized carbons (Fsp3) is 0.333. The van der Waals surface area contributed by atoms with E-state index in [1.807, 2.05) is 17.7 Å². The quantitative estimate of drug-likeness (QED) is 0.848. The number of halogens is 2. The zero-order chi connectivity index (χ0) is 16.1. The predicted molar refractivity (Wildman–Crippen MR) is 85.8 cm³/mol. The Morgan fingerprint density at radius 3 is 2.64 bits per heavy atom. The maximum absolute atomic E-state index is 12.0. The molecule has 22 heavy (non-hydrogen) atoms. The van der Waals surface area contributed by atoms with Crippen LogP contribution in [0.25, 0.3) is 0 Å². The van der Waals surface area contributed by atoms with E-state index in [1.54, 1.807) is 18.6 Å². The molecule has 0 spiro atoms. The van der Waals surface area contributed by atoms with E-state index < -0.39 is 12.0 Å². The second-order valence-corrected chi connectivity index (χ2v) is 6.09. The van der Waals surface area contributed by atoms with Gasteiger partial charge in [-0.15, -0.1) is 0 Å². The Bertz CT molecular complexity index is 611. The monoisotopic (exact) mass is 341 g/mol. The van der Waals surface area contributed by atoms with E-state index in [2.05, 4.69) is 10.3 Å². The Hall–Kier alpha value is -1.56. The fourth-order valence-corrected chi connectivity index (χ4v) is 2.62. The minimum absolute atomic E-state index is 0.202. The number of amides is 1. The van der Waals surface area contributed by atoms with Crippen molar-refractivity contribution < 1.29 is 9.90 Å². The van der Waals surface area contributed by atoms with E-state index in [0.29, 0.717) is 22.2 Å². The highest BCUT2D eigenvalue weighted by Crippen LogP contribution is 2.23. The molecule has 1 heterocycles. The van der Waals surface area contributed by atoms with Crippen molar-refractivity contribution in [2.45, 2.75) is 19.6 Å². The van der Waals surface area contributed by atoms with Crippen LogP contribution in [0.5, 0.6) is 0 Å². The summed E-state index contributed by atoms with van der Waals surface area (Å²) in [5, 5.41) is 13.5. The van der Waals surface area contributed by atoms with Crippen LogP contribution in [-0.2, 0) is 11.3 Å². The maximum atomic E-state index is 12.0. The number of carbonyl (C=O) groups excluding carboxylic acids is 1. The lowest BCUT2D eigenvalue weighted by Crippen LogP contribution is -2.33. The summed E-state index contributed by atoms with van der Waals surface area (Å²) < 4.78 is 1.93. The van der Waals surface area contributed by atoms with Crippen LogP contribution in [0.4, 0.5) is 0 Å². The summed E-state index contributed by atoms with van der Waals surface area (Å²) in [6.07, 6.45) is 4.00. The molecule has 1 aromatic carbocycles. The van der Waals surface area contributed by atoms with Crippen LogP contribution in [-0.4, -0.2) is 27.1 Å². The maximum Gasteiger partial charge on any atom is 0.253 e. The van der Waals surface area contributed by atoms with Crippen molar-refractivity contribution in [3.63, 3.8) is 0 Å². The first kappa shape index (κ1) is 16.8. The van der Waals surface area contributed by atoms with Gasteiger partial charge in [-0.05, 0) is 29.7 Å². The van der Waals surface area contributed by atoms with Gasteiger partial charge in [0.15, 0.2) is 6.10 Å². The van der Waals surface area contributed by atoms with Gasteiger partial charge >= 0.3 is 0 Å². The van der Waals surface area contributed by atoms with Gasteiger partial charge in [-0.25, -0.2) is 4.98 Å². The number of imidazole rings is 1. The number of carbonyl (C=O) groups is 1. The topological polar surface area (TPSA) is 67.2 Å². The van der Waals surface area contributed by atoms with Crippen LogP contribution in [0.1, 0.15) is 18.6 Å². The average Bonchev–Trinajstić information content (AvgIpc) is 2.95. The average molecular weight is 342 g/mol. The summed E-state index contributed by atoms with van der Waals surface area (Å²) in [4.78, 5) is 16.0. The van der Waals surface area contributed by atoms with Crippen LogP contribution in [0, 0.1) is 5.92 Å². The predicted octanol–water partition coefficient (Wildman–Crippen LogP) is 2.68. The molecule has 1 amide bonds. The van der Waals surface area contributed by atoms with Gasteiger partial charge in [0.05, 0.1) is 6.33 Å². The second-order valence-electron chi connectivity index (χ2n) is 5.22.